The van der Waals surface area contributed by atoms with E-state index >= 15 is 0 Å². The number of anilines is 1. The van der Waals surface area contributed by atoms with Gasteiger partial charge in [-0.25, -0.2) is 0 Å². The monoisotopic (exact) mass is 353 g/mol. The third kappa shape index (κ3) is 4.73. The van der Waals surface area contributed by atoms with Crippen LogP contribution in [-0.4, -0.2) is 19.6 Å². The van der Waals surface area contributed by atoms with Crippen LogP contribution in [0.1, 0.15) is 28.4 Å². The predicted molar refractivity (Wildman–Crippen MR) is 87.7 cm³/mol. The number of carbonyl (C=O) groups excluding carboxylic acids is 1. The molecule has 2 aromatic rings. The highest BCUT2D eigenvalue weighted by atomic mass is 19.4. The Morgan fingerprint density at radius 3 is 2.52 bits per heavy atom. The molecule has 0 atom stereocenters. The highest BCUT2D eigenvalue weighted by molar-refractivity contribution is 6.04. The molecule has 0 aliphatic heterocycles. The number of carbonyl (C=O) groups is 1. The van der Waals surface area contributed by atoms with Gasteiger partial charge in [0.2, 0.25) is 0 Å². The maximum absolute atomic E-state index is 13.0. The lowest BCUT2D eigenvalue weighted by Crippen LogP contribution is -2.17. The first-order chi connectivity index (χ1) is 11.9. The maximum Gasteiger partial charge on any atom is 0.418 e. The van der Waals surface area contributed by atoms with Crippen molar-refractivity contribution in [2.24, 2.45) is 0 Å². The highest BCUT2D eigenvalue weighted by Gasteiger charge is 2.33. The number of rotatable bonds is 6. The molecule has 0 saturated heterocycles. The molecule has 134 valence electrons. The van der Waals surface area contributed by atoms with Crippen molar-refractivity contribution in [1.29, 1.82) is 0 Å². The molecule has 0 unspecified atom stereocenters. The Bertz CT molecular complexity index is 745. The van der Waals surface area contributed by atoms with Crippen LogP contribution in [0, 0.1) is 0 Å². The summed E-state index contributed by atoms with van der Waals surface area (Å²) < 4.78 is 49.6. The van der Waals surface area contributed by atoms with Gasteiger partial charge in [0.1, 0.15) is 5.75 Å². The van der Waals surface area contributed by atoms with Crippen molar-refractivity contribution in [2.45, 2.75) is 19.7 Å². The van der Waals surface area contributed by atoms with Crippen molar-refractivity contribution >= 4 is 11.6 Å². The topological polar surface area (TPSA) is 47.6 Å². The normalized spacial score (nSPS) is 11.2. The average Bonchev–Trinajstić information content (AvgIpc) is 2.59. The summed E-state index contributed by atoms with van der Waals surface area (Å²) >= 11 is 0. The van der Waals surface area contributed by atoms with Crippen molar-refractivity contribution in [3.05, 3.63) is 59.2 Å². The molecule has 2 aromatic carbocycles. The van der Waals surface area contributed by atoms with Crippen molar-refractivity contribution in [3.63, 3.8) is 0 Å². The Morgan fingerprint density at radius 1 is 1.16 bits per heavy atom. The molecule has 0 saturated carbocycles. The summed E-state index contributed by atoms with van der Waals surface area (Å²) in [5.41, 5.74) is -0.331. The lowest BCUT2D eigenvalue weighted by molar-refractivity contribution is -0.136. The zero-order chi connectivity index (χ0) is 18.4. The summed E-state index contributed by atoms with van der Waals surface area (Å²) in [6.45, 7) is 2.55. The fourth-order valence-corrected chi connectivity index (χ4v) is 2.28. The SMILES string of the molecule is CCOCc1cc(C(=O)Nc2ccccc2C(F)(F)F)ccc1OC. The molecule has 0 aliphatic carbocycles. The molecule has 1 amide bonds. The summed E-state index contributed by atoms with van der Waals surface area (Å²) in [5, 5.41) is 2.31. The Hall–Kier alpha value is -2.54. The molecule has 0 bridgehead atoms. The van der Waals surface area contributed by atoms with Gasteiger partial charge in [0.15, 0.2) is 0 Å². The zero-order valence-corrected chi connectivity index (χ0v) is 13.8. The second-order valence-electron chi connectivity index (χ2n) is 5.16. The second-order valence-corrected chi connectivity index (χ2v) is 5.16. The number of hydrogen-bond acceptors (Lipinski definition) is 3. The number of alkyl halides is 3. The van der Waals surface area contributed by atoms with Crippen LogP contribution in [-0.2, 0) is 17.5 Å². The van der Waals surface area contributed by atoms with E-state index in [1.54, 1.807) is 12.1 Å². The second kappa shape index (κ2) is 8.02. The van der Waals surface area contributed by atoms with Crippen LogP contribution in [0.3, 0.4) is 0 Å². The van der Waals surface area contributed by atoms with E-state index in [2.05, 4.69) is 5.32 Å². The average molecular weight is 353 g/mol. The molecular formula is C18H18F3NO3. The molecule has 1 N–H and O–H groups in total. The number of methoxy groups -OCH3 is 1. The minimum atomic E-state index is -4.55. The fourth-order valence-electron chi connectivity index (χ4n) is 2.28. The zero-order valence-electron chi connectivity index (χ0n) is 13.8. The standard InChI is InChI=1S/C18H18F3NO3/c1-3-25-11-13-10-12(8-9-16(13)24-2)17(23)22-15-7-5-4-6-14(15)18(19,20)21/h4-10H,3,11H2,1-2H3,(H,22,23). The van der Waals surface area contributed by atoms with Crippen LogP contribution < -0.4 is 10.1 Å². The van der Waals surface area contributed by atoms with Gasteiger partial charge in [-0.1, -0.05) is 12.1 Å². The van der Waals surface area contributed by atoms with Crippen LogP contribution in [0.5, 0.6) is 5.75 Å². The third-order valence-corrected chi connectivity index (χ3v) is 3.48. The minimum absolute atomic E-state index is 0.215. The molecule has 25 heavy (non-hydrogen) atoms. The Kier molecular flexibility index (Phi) is 6.03. The molecular weight excluding hydrogens is 335 g/mol. The van der Waals surface area contributed by atoms with E-state index in [0.717, 1.165) is 6.07 Å². The van der Waals surface area contributed by atoms with Crippen LogP contribution >= 0.6 is 0 Å². The first kappa shape index (κ1) is 18.8. The molecule has 0 fully saturated rings. The van der Waals surface area contributed by atoms with E-state index in [4.69, 9.17) is 9.47 Å². The van der Waals surface area contributed by atoms with Crippen molar-refractivity contribution in [1.82, 2.24) is 0 Å². The maximum atomic E-state index is 13.0. The highest BCUT2D eigenvalue weighted by Crippen LogP contribution is 2.34. The van der Waals surface area contributed by atoms with E-state index < -0.39 is 17.6 Å². The number of benzene rings is 2. The van der Waals surface area contributed by atoms with Gasteiger partial charge < -0.3 is 14.8 Å². The van der Waals surface area contributed by atoms with Gasteiger partial charge in [-0.3, -0.25) is 4.79 Å². The van der Waals surface area contributed by atoms with Crippen LogP contribution in [0.25, 0.3) is 0 Å². The molecule has 0 aromatic heterocycles. The molecule has 2 rings (SSSR count). The van der Waals surface area contributed by atoms with Crippen molar-refractivity contribution < 1.29 is 27.4 Å². The van der Waals surface area contributed by atoms with E-state index in [1.165, 1.54) is 31.4 Å². The number of para-hydroxylation sites is 1. The summed E-state index contributed by atoms with van der Waals surface area (Å²) in [4.78, 5) is 12.4. The molecule has 7 heteroatoms. The number of nitrogens with one attached hydrogen (secondary N) is 1. The Balaban J connectivity index is 2.27. The number of ether oxygens (including phenoxy) is 2. The van der Waals surface area contributed by atoms with Gasteiger partial charge >= 0.3 is 6.18 Å². The quantitative estimate of drug-likeness (QED) is 0.832. The molecule has 0 radical (unpaired) electrons. The number of amides is 1. The van der Waals surface area contributed by atoms with E-state index in [0.29, 0.717) is 17.9 Å². The van der Waals surface area contributed by atoms with Gasteiger partial charge in [-0.15, -0.1) is 0 Å². The molecule has 0 spiro atoms. The Morgan fingerprint density at radius 2 is 1.88 bits per heavy atom. The van der Waals surface area contributed by atoms with Crippen LogP contribution in [0.4, 0.5) is 18.9 Å². The molecule has 0 aliphatic rings. The number of halogens is 3. The third-order valence-electron chi connectivity index (χ3n) is 3.48. The smallest absolute Gasteiger partial charge is 0.418 e. The number of hydrogen-bond donors (Lipinski definition) is 1. The summed E-state index contributed by atoms with van der Waals surface area (Å²) in [6, 6.07) is 9.44. The van der Waals surface area contributed by atoms with E-state index in [9.17, 15) is 18.0 Å². The fraction of sp³-hybridized carbons (Fsp3) is 0.278. The van der Waals surface area contributed by atoms with Crippen molar-refractivity contribution in [2.75, 3.05) is 19.0 Å². The van der Waals surface area contributed by atoms with Gasteiger partial charge in [0, 0.05) is 17.7 Å². The van der Waals surface area contributed by atoms with E-state index in [1.807, 2.05) is 6.92 Å². The van der Waals surface area contributed by atoms with Gasteiger partial charge in [0.25, 0.3) is 5.91 Å². The van der Waals surface area contributed by atoms with Gasteiger partial charge in [0.05, 0.1) is 25.0 Å². The lowest BCUT2D eigenvalue weighted by Gasteiger charge is -2.14. The van der Waals surface area contributed by atoms with Gasteiger partial charge in [-0.05, 0) is 37.3 Å². The minimum Gasteiger partial charge on any atom is -0.496 e. The summed E-state index contributed by atoms with van der Waals surface area (Å²) in [7, 11) is 1.49. The summed E-state index contributed by atoms with van der Waals surface area (Å²) in [5.74, 6) is -0.0993. The largest absolute Gasteiger partial charge is 0.496 e. The molecule has 4 nitrogen and oxygen atoms in total. The molecule has 0 heterocycles. The van der Waals surface area contributed by atoms with Gasteiger partial charge in [-0.2, -0.15) is 13.2 Å². The van der Waals surface area contributed by atoms with E-state index in [-0.39, 0.29) is 17.9 Å². The van der Waals surface area contributed by atoms with Crippen LogP contribution in [0.15, 0.2) is 42.5 Å². The predicted octanol–water partition coefficient (Wildman–Crippen LogP) is 4.50. The lowest BCUT2D eigenvalue weighted by atomic mass is 10.1. The Labute approximate surface area is 143 Å². The van der Waals surface area contributed by atoms with Crippen LogP contribution in [0.2, 0.25) is 0 Å². The summed E-state index contributed by atoms with van der Waals surface area (Å²) in [6.07, 6.45) is -4.55. The first-order valence-corrected chi connectivity index (χ1v) is 7.59. The van der Waals surface area contributed by atoms with Crippen molar-refractivity contribution in [3.8, 4) is 5.75 Å². The first-order valence-electron chi connectivity index (χ1n) is 7.59.